The number of hydrogen-bond acceptors (Lipinski definition) is 5. The van der Waals surface area contributed by atoms with Crippen molar-refractivity contribution in [1.29, 1.82) is 0 Å². The van der Waals surface area contributed by atoms with Crippen LogP contribution in [-0.4, -0.2) is 39.1 Å². The fraction of sp³-hybridized carbons (Fsp3) is 0.259. The molecule has 174 valence electrons. The number of fused-ring (bicyclic) bond motifs is 3. The van der Waals surface area contributed by atoms with Crippen molar-refractivity contribution in [3.63, 3.8) is 0 Å². The molecule has 1 atom stereocenters. The van der Waals surface area contributed by atoms with Gasteiger partial charge in [-0.05, 0) is 36.6 Å². The number of ether oxygens (including phenoxy) is 2. The third kappa shape index (κ3) is 3.83. The summed E-state index contributed by atoms with van der Waals surface area (Å²) in [6.45, 7) is 0.864. The van der Waals surface area contributed by atoms with Crippen LogP contribution in [0.3, 0.4) is 0 Å². The van der Waals surface area contributed by atoms with E-state index in [1.165, 1.54) is 0 Å². The zero-order valence-electron chi connectivity index (χ0n) is 19.2. The molecular formula is C27H26N2O5. The third-order valence-corrected chi connectivity index (χ3v) is 6.38. The minimum Gasteiger partial charge on any atom is -0.496 e. The van der Waals surface area contributed by atoms with Gasteiger partial charge in [0.25, 0.3) is 0 Å². The first-order chi connectivity index (χ1) is 16.6. The molecule has 1 aliphatic heterocycles. The van der Waals surface area contributed by atoms with Crippen molar-refractivity contribution in [3.05, 3.63) is 66.2 Å². The van der Waals surface area contributed by atoms with E-state index in [9.17, 15) is 9.59 Å². The standard InChI is InChI=1S/C27H26N2O5/c1-32-22-9-5-3-7-17(22)11-13-28-26(30)19-12-14-29(27(19)31)21-16-24-20(15-25(21)33-2)18-8-4-6-10-23(18)34-24/h3-10,15-16,19H,11-14H2,1-2H3,(H,28,30)/t19-/m0/s1. The van der Waals surface area contributed by atoms with E-state index in [4.69, 9.17) is 13.9 Å². The van der Waals surface area contributed by atoms with Crippen LogP contribution in [0.25, 0.3) is 21.9 Å². The van der Waals surface area contributed by atoms with Gasteiger partial charge in [0.1, 0.15) is 28.6 Å². The molecule has 7 heteroatoms. The molecule has 1 saturated heterocycles. The molecular weight excluding hydrogens is 432 g/mol. The molecule has 34 heavy (non-hydrogen) atoms. The summed E-state index contributed by atoms with van der Waals surface area (Å²) in [5.41, 5.74) is 3.07. The molecule has 3 aromatic carbocycles. The molecule has 1 fully saturated rings. The van der Waals surface area contributed by atoms with Gasteiger partial charge in [-0.3, -0.25) is 9.59 Å². The van der Waals surface area contributed by atoms with Gasteiger partial charge in [0.2, 0.25) is 11.8 Å². The van der Waals surface area contributed by atoms with E-state index in [2.05, 4.69) is 5.32 Å². The minimum absolute atomic E-state index is 0.233. The Morgan fingerprint density at radius 3 is 2.59 bits per heavy atom. The molecule has 0 spiro atoms. The van der Waals surface area contributed by atoms with E-state index in [0.29, 0.717) is 43.0 Å². The minimum atomic E-state index is -0.728. The van der Waals surface area contributed by atoms with Crippen LogP contribution in [0.4, 0.5) is 5.69 Å². The number of furan rings is 1. The zero-order valence-corrected chi connectivity index (χ0v) is 19.2. The normalized spacial score (nSPS) is 15.8. The first-order valence-electron chi connectivity index (χ1n) is 11.3. The molecule has 0 unspecified atom stereocenters. The van der Waals surface area contributed by atoms with E-state index < -0.39 is 5.92 Å². The molecule has 1 aliphatic rings. The maximum atomic E-state index is 13.2. The molecule has 0 saturated carbocycles. The van der Waals surface area contributed by atoms with Gasteiger partial charge in [0.05, 0.1) is 19.9 Å². The van der Waals surface area contributed by atoms with Crippen LogP contribution >= 0.6 is 0 Å². The summed E-state index contributed by atoms with van der Waals surface area (Å²) in [6, 6.07) is 19.2. The van der Waals surface area contributed by atoms with E-state index in [1.807, 2.05) is 60.7 Å². The van der Waals surface area contributed by atoms with Gasteiger partial charge in [-0.15, -0.1) is 0 Å². The summed E-state index contributed by atoms with van der Waals surface area (Å²) >= 11 is 0. The average Bonchev–Trinajstić information content (AvgIpc) is 3.43. The molecule has 0 aliphatic carbocycles. The highest BCUT2D eigenvalue weighted by atomic mass is 16.5. The molecule has 2 amide bonds. The average molecular weight is 459 g/mol. The van der Waals surface area contributed by atoms with Crippen LogP contribution in [0.1, 0.15) is 12.0 Å². The van der Waals surface area contributed by atoms with Gasteiger partial charge in [-0.1, -0.05) is 36.4 Å². The highest BCUT2D eigenvalue weighted by Crippen LogP contribution is 2.40. The lowest BCUT2D eigenvalue weighted by Gasteiger charge is -2.19. The number of rotatable bonds is 7. The molecule has 0 bridgehead atoms. The number of methoxy groups -OCH3 is 2. The lowest BCUT2D eigenvalue weighted by atomic mass is 10.1. The summed E-state index contributed by atoms with van der Waals surface area (Å²) < 4.78 is 17.0. The number of amides is 2. The number of benzene rings is 3. The van der Waals surface area contributed by atoms with Gasteiger partial charge in [-0.25, -0.2) is 0 Å². The number of carbonyl (C=O) groups is 2. The number of nitrogens with one attached hydrogen (secondary N) is 1. The lowest BCUT2D eigenvalue weighted by molar-refractivity contribution is -0.132. The van der Waals surface area contributed by atoms with Gasteiger partial charge in [0, 0.05) is 29.9 Å². The van der Waals surface area contributed by atoms with Crippen molar-refractivity contribution < 1.29 is 23.5 Å². The SMILES string of the molecule is COc1ccccc1CCNC(=O)[C@@H]1CCN(c2cc3oc4ccccc4c3cc2OC)C1=O. The van der Waals surface area contributed by atoms with E-state index in [-0.39, 0.29) is 11.8 Å². The number of para-hydroxylation sites is 2. The Hall–Kier alpha value is -4.00. The Bertz CT molecular complexity index is 1380. The second-order valence-corrected chi connectivity index (χ2v) is 8.30. The Morgan fingerprint density at radius 1 is 1.00 bits per heavy atom. The van der Waals surface area contributed by atoms with Crippen molar-refractivity contribution in [1.82, 2.24) is 5.32 Å². The van der Waals surface area contributed by atoms with Crippen molar-refractivity contribution in [2.45, 2.75) is 12.8 Å². The maximum absolute atomic E-state index is 13.2. The van der Waals surface area contributed by atoms with Crippen molar-refractivity contribution in [2.75, 3.05) is 32.2 Å². The fourth-order valence-corrected chi connectivity index (χ4v) is 4.63. The van der Waals surface area contributed by atoms with Crippen LogP contribution in [0.2, 0.25) is 0 Å². The highest BCUT2D eigenvalue weighted by molar-refractivity contribution is 6.12. The van der Waals surface area contributed by atoms with Crippen molar-refractivity contribution in [3.8, 4) is 11.5 Å². The van der Waals surface area contributed by atoms with E-state index in [0.717, 1.165) is 27.7 Å². The van der Waals surface area contributed by atoms with E-state index >= 15 is 0 Å². The van der Waals surface area contributed by atoms with Gasteiger partial charge in [-0.2, -0.15) is 0 Å². The topological polar surface area (TPSA) is 81.0 Å². The molecule has 7 nitrogen and oxygen atoms in total. The first kappa shape index (κ1) is 21.8. The predicted molar refractivity (Wildman–Crippen MR) is 130 cm³/mol. The number of carbonyl (C=O) groups excluding carboxylic acids is 2. The second kappa shape index (κ2) is 9.09. The Morgan fingerprint density at radius 2 is 1.76 bits per heavy atom. The molecule has 4 aromatic rings. The number of nitrogens with zero attached hydrogens (tertiary/aromatic N) is 1. The maximum Gasteiger partial charge on any atom is 0.239 e. The zero-order chi connectivity index (χ0) is 23.7. The van der Waals surface area contributed by atoms with Gasteiger partial charge < -0.3 is 24.1 Å². The first-order valence-corrected chi connectivity index (χ1v) is 11.3. The molecule has 2 heterocycles. The quantitative estimate of drug-likeness (QED) is 0.417. The summed E-state index contributed by atoms with van der Waals surface area (Å²) in [5, 5.41) is 4.82. The Labute approximate surface area is 197 Å². The van der Waals surface area contributed by atoms with Crippen LogP contribution in [0, 0.1) is 5.92 Å². The monoisotopic (exact) mass is 458 g/mol. The van der Waals surface area contributed by atoms with Gasteiger partial charge in [0.15, 0.2) is 0 Å². The van der Waals surface area contributed by atoms with Crippen LogP contribution in [0.5, 0.6) is 11.5 Å². The van der Waals surface area contributed by atoms with Crippen LogP contribution in [0.15, 0.2) is 65.1 Å². The lowest BCUT2D eigenvalue weighted by Crippen LogP contribution is -2.37. The Balaban J connectivity index is 1.32. The largest absolute Gasteiger partial charge is 0.496 e. The molecule has 5 rings (SSSR count). The number of anilines is 1. The number of hydrogen-bond donors (Lipinski definition) is 1. The second-order valence-electron chi connectivity index (χ2n) is 8.30. The van der Waals surface area contributed by atoms with Crippen LogP contribution in [-0.2, 0) is 16.0 Å². The van der Waals surface area contributed by atoms with Gasteiger partial charge >= 0.3 is 0 Å². The highest BCUT2D eigenvalue weighted by Gasteiger charge is 2.38. The smallest absolute Gasteiger partial charge is 0.239 e. The van der Waals surface area contributed by atoms with Crippen LogP contribution < -0.4 is 19.7 Å². The summed E-state index contributed by atoms with van der Waals surface area (Å²) in [5.74, 6) is 0.140. The predicted octanol–water partition coefficient (Wildman–Crippen LogP) is 4.32. The molecule has 1 aromatic heterocycles. The molecule has 1 N–H and O–H groups in total. The third-order valence-electron chi connectivity index (χ3n) is 6.38. The van der Waals surface area contributed by atoms with Crippen molar-refractivity contribution in [2.24, 2.45) is 5.92 Å². The fourth-order valence-electron chi connectivity index (χ4n) is 4.63. The summed E-state index contributed by atoms with van der Waals surface area (Å²) in [6.07, 6.45) is 1.07. The molecule has 0 radical (unpaired) electrons. The summed E-state index contributed by atoms with van der Waals surface area (Å²) in [4.78, 5) is 27.7. The Kier molecular flexibility index (Phi) is 5.84. The van der Waals surface area contributed by atoms with Crippen molar-refractivity contribution >= 4 is 39.4 Å². The van der Waals surface area contributed by atoms with E-state index in [1.54, 1.807) is 19.1 Å². The summed E-state index contributed by atoms with van der Waals surface area (Å²) in [7, 11) is 3.20.